The SMILES string of the molecule is C/C=C\C.C=C(C)N(C)C.CC1C2CC(C#N)N(C=O)C12.CCN[C@H]1CC2(C(CC)=CCCc3cc(C(=O)N(C)C)ccc32)C(N)=N1. The molecule has 9 nitrogen and oxygen atoms in total. The van der Waals surface area contributed by atoms with E-state index in [0.717, 1.165) is 56.3 Å². The van der Waals surface area contributed by atoms with Crippen LogP contribution in [-0.2, 0) is 16.6 Å². The Bertz CT molecular complexity index is 1370. The predicted molar refractivity (Wildman–Crippen MR) is 194 cm³/mol. The molecule has 258 valence electrons. The molecule has 5 unspecified atom stereocenters. The Morgan fingerprint density at radius 3 is 2.34 bits per heavy atom. The van der Waals surface area contributed by atoms with Crippen LogP contribution >= 0.6 is 0 Å². The van der Waals surface area contributed by atoms with Crippen molar-refractivity contribution in [3.8, 4) is 6.07 Å². The topological polar surface area (TPSA) is 118 Å². The van der Waals surface area contributed by atoms with Gasteiger partial charge in [0.2, 0.25) is 6.41 Å². The number of aliphatic imine (C=N–C) groups is 1. The number of piperidine rings is 1. The molecule has 0 aromatic heterocycles. The van der Waals surface area contributed by atoms with Gasteiger partial charge in [-0.05, 0) is 88.1 Å². The molecule has 47 heavy (non-hydrogen) atoms. The summed E-state index contributed by atoms with van der Waals surface area (Å²) in [6.07, 6.45) is 11.8. The van der Waals surface area contributed by atoms with Crippen LogP contribution in [0.3, 0.4) is 0 Å². The Hall–Kier alpha value is -3.90. The zero-order valence-electron chi connectivity index (χ0n) is 30.5. The maximum atomic E-state index is 12.4. The second-order valence-corrected chi connectivity index (χ2v) is 13.1. The van der Waals surface area contributed by atoms with Crippen LogP contribution in [0.25, 0.3) is 0 Å². The lowest BCUT2D eigenvalue weighted by atomic mass is 9.69. The van der Waals surface area contributed by atoms with E-state index in [0.29, 0.717) is 23.7 Å². The zero-order valence-corrected chi connectivity index (χ0v) is 30.5. The van der Waals surface area contributed by atoms with Crippen LogP contribution < -0.4 is 11.1 Å². The molecule has 1 aromatic rings. The minimum atomic E-state index is -0.340. The van der Waals surface area contributed by atoms with Gasteiger partial charge in [-0.1, -0.05) is 57.2 Å². The molecule has 2 aliphatic carbocycles. The average molecular weight is 646 g/mol. The van der Waals surface area contributed by atoms with Crippen LogP contribution in [-0.4, -0.2) is 85.8 Å². The molecule has 2 aliphatic heterocycles. The number of hydrogen-bond acceptors (Lipinski definition) is 7. The Morgan fingerprint density at radius 2 is 1.85 bits per heavy atom. The van der Waals surface area contributed by atoms with Crippen LogP contribution in [0.15, 0.2) is 59.3 Å². The van der Waals surface area contributed by atoms with Gasteiger partial charge in [-0.15, -0.1) is 0 Å². The van der Waals surface area contributed by atoms with Gasteiger partial charge in [0.05, 0.1) is 11.5 Å². The van der Waals surface area contributed by atoms with E-state index in [1.54, 1.807) is 23.9 Å². The summed E-state index contributed by atoms with van der Waals surface area (Å²) in [4.78, 5) is 33.0. The van der Waals surface area contributed by atoms with Crippen molar-refractivity contribution in [3.63, 3.8) is 0 Å². The van der Waals surface area contributed by atoms with Gasteiger partial charge >= 0.3 is 0 Å². The normalized spacial score (nSPS) is 26.3. The van der Waals surface area contributed by atoms with E-state index in [-0.39, 0.29) is 23.5 Å². The van der Waals surface area contributed by atoms with Gasteiger partial charge in [0, 0.05) is 51.9 Å². The summed E-state index contributed by atoms with van der Waals surface area (Å²) in [7, 11) is 7.52. The van der Waals surface area contributed by atoms with Crippen LogP contribution in [0, 0.1) is 23.2 Å². The third kappa shape index (κ3) is 9.13. The van der Waals surface area contributed by atoms with E-state index in [2.05, 4.69) is 56.9 Å². The lowest BCUT2D eigenvalue weighted by molar-refractivity contribution is -0.119. The van der Waals surface area contributed by atoms with E-state index < -0.39 is 0 Å². The molecule has 1 saturated heterocycles. The van der Waals surface area contributed by atoms with Crippen molar-refractivity contribution in [1.82, 2.24) is 20.0 Å². The Balaban J connectivity index is 0.000000297. The molecule has 0 radical (unpaired) electrons. The molecule has 6 atom stereocenters. The minimum Gasteiger partial charge on any atom is -0.386 e. The fourth-order valence-electron chi connectivity index (χ4n) is 6.64. The molecule has 4 aliphatic rings. The number of nitrogens with zero attached hydrogens (tertiary/aromatic N) is 5. The highest BCUT2D eigenvalue weighted by Gasteiger charge is 2.58. The van der Waals surface area contributed by atoms with Gasteiger partial charge in [-0.2, -0.15) is 5.26 Å². The maximum Gasteiger partial charge on any atom is 0.253 e. The number of fused-ring (bicyclic) bond motifs is 3. The zero-order chi connectivity index (χ0) is 35.5. The molecule has 9 heteroatoms. The lowest BCUT2D eigenvalue weighted by Gasteiger charge is -2.34. The van der Waals surface area contributed by atoms with Gasteiger partial charge in [-0.25, -0.2) is 0 Å². The van der Waals surface area contributed by atoms with Gasteiger partial charge in [0.1, 0.15) is 18.0 Å². The monoisotopic (exact) mass is 645 g/mol. The molecule has 1 saturated carbocycles. The van der Waals surface area contributed by atoms with Gasteiger partial charge in [-0.3, -0.25) is 19.9 Å². The number of aryl methyl sites for hydroxylation is 1. The van der Waals surface area contributed by atoms with Crippen molar-refractivity contribution >= 4 is 18.2 Å². The summed E-state index contributed by atoms with van der Waals surface area (Å²) < 4.78 is 0. The molecule has 3 N–H and O–H groups in total. The molecular formula is C38H59N7O2. The van der Waals surface area contributed by atoms with Crippen molar-refractivity contribution in [2.24, 2.45) is 22.6 Å². The van der Waals surface area contributed by atoms with Crippen LogP contribution in [0.5, 0.6) is 0 Å². The van der Waals surface area contributed by atoms with Gasteiger partial charge in [0.15, 0.2) is 0 Å². The number of nitrogens with one attached hydrogen (secondary N) is 1. The molecule has 0 bridgehead atoms. The Morgan fingerprint density at radius 1 is 1.21 bits per heavy atom. The Labute approximate surface area is 284 Å². The fourth-order valence-corrected chi connectivity index (χ4v) is 6.64. The number of carbonyl (C=O) groups is 2. The third-order valence-corrected chi connectivity index (χ3v) is 9.70. The number of carbonyl (C=O) groups excluding carboxylic acids is 2. The number of nitriles is 1. The fraction of sp³-hybridized carbons (Fsp3) is 0.579. The van der Waals surface area contributed by atoms with Crippen molar-refractivity contribution in [2.45, 2.75) is 97.3 Å². The number of hydrogen-bond donors (Lipinski definition) is 2. The molecule has 1 spiro atoms. The van der Waals surface area contributed by atoms with Crippen LogP contribution in [0.2, 0.25) is 0 Å². The second kappa shape index (κ2) is 17.9. The van der Waals surface area contributed by atoms with Crippen LogP contribution in [0.1, 0.15) is 88.7 Å². The summed E-state index contributed by atoms with van der Waals surface area (Å²) in [6, 6.07) is 8.49. The highest BCUT2D eigenvalue weighted by atomic mass is 16.2. The predicted octanol–water partition coefficient (Wildman–Crippen LogP) is 5.64. The lowest BCUT2D eigenvalue weighted by Crippen LogP contribution is -2.41. The van der Waals surface area contributed by atoms with E-state index >= 15 is 0 Å². The number of likely N-dealkylation sites (tertiary alicyclic amines) is 1. The largest absolute Gasteiger partial charge is 0.386 e. The quantitative estimate of drug-likeness (QED) is 0.305. The number of amidine groups is 1. The maximum absolute atomic E-state index is 12.4. The van der Waals surface area contributed by atoms with Crippen molar-refractivity contribution < 1.29 is 9.59 Å². The van der Waals surface area contributed by atoms with E-state index in [9.17, 15) is 9.59 Å². The molecular weight excluding hydrogens is 586 g/mol. The van der Waals surface area contributed by atoms with Crippen molar-refractivity contribution in [1.29, 1.82) is 5.26 Å². The van der Waals surface area contributed by atoms with Gasteiger partial charge < -0.3 is 20.4 Å². The van der Waals surface area contributed by atoms with Crippen LogP contribution in [0.4, 0.5) is 0 Å². The first-order chi connectivity index (χ1) is 22.3. The molecule has 2 fully saturated rings. The summed E-state index contributed by atoms with van der Waals surface area (Å²) in [5, 5.41) is 12.1. The average Bonchev–Trinajstić information content (AvgIpc) is 3.38. The first-order valence-corrected chi connectivity index (χ1v) is 16.9. The number of allylic oxidation sites excluding steroid dienone is 4. The summed E-state index contributed by atoms with van der Waals surface area (Å²) >= 11 is 0. The minimum absolute atomic E-state index is 0.0355. The molecule has 1 aromatic carbocycles. The number of rotatable bonds is 6. The standard InChI is InChI=1S/C21H30N4O.C8H10N2O.C5H11N.C4H8/c1-5-16-9-7-8-14-12-15(19(26)25(3)4)10-11-17(14)21(16)13-18(23-6-2)24-20(21)22;1-5-7-2-6(3-9)10(4-11)8(5)7;1-5(2)6(3)4;1-3-4-2/h9-12,18,23H,5-8,13H2,1-4H3,(H2,22,24);4-8H,2H2,1H3;1H2,2-4H3;3-4H,1-2H3/b;;;4-3-/t18-,21?;;;/m1.../s1. The first kappa shape index (κ1) is 39.3. The van der Waals surface area contributed by atoms with Crippen molar-refractivity contribution in [2.75, 3.05) is 34.7 Å². The Kier molecular flexibility index (Phi) is 14.9. The summed E-state index contributed by atoms with van der Waals surface area (Å²) in [5.74, 6) is 1.98. The van der Waals surface area contributed by atoms with Crippen molar-refractivity contribution in [3.05, 3.63) is 71.0 Å². The number of benzene rings is 1. The summed E-state index contributed by atoms with van der Waals surface area (Å²) in [5.41, 5.74) is 11.8. The summed E-state index contributed by atoms with van der Waals surface area (Å²) in [6.45, 7) is 16.9. The molecule has 2 amide bonds. The van der Waals surface area contributed by atoms with E-state index in [4.69, 9.17) is 16.0 Å². The first-order valence-electron chi connectivity index (χ1n) is 16.9. The second-order valence-electron chi connectivity index (χ2n) is 13.1. The highest BCUT2D eigenvalue weighted by molar-refractivity contribution is 5.98. The van der Waals surface area contributed by atoms with E-state index in [1.807, 2.05) is 58.0 Å². The molecule has 2 heterocycles. The molecule has 5 rings (SSSR count). The highest BCUT2D eigenvalue weighted by Crippen LogP contribution is 2.52. The third-order valence-electron chi connectivity index (χ3n) is 9.70. The smallest absolute Gasteiger partial charge is 0.253 e. The van der Waals surface area contributed by atoms with E-state index in [1.165, 1.54) is 16.7 Å². The number of nitrogens with two attached hydrogens (primary N) is 1. The van der Waals surface area contributed by atoms with Gasteiger partial charge in [0.25, 0.3) is 5.91 Å². The number of amides is 2.